The Morgan fingerprint density at radius 2 is 0.892 bits per heavy atom. The Balaban J connectivity index is 0.00000945. The van der Waals surface area contributed by atoms with E-state index in [4.69, 9.17) is 14.1 Å². The predicted molar refractivity (Wildman–Crippen MR) is 459 cm³/mol. The van der Waals surface area contributed by atoms with E-state index in [-0.39, 0.29) is 43.2 Å². The third-order valence-electron chi connectivity index (χ3n) is 21.9. The Kier molecular flexibility index (Phi) is 16.4. The van der Waals surface area contributed by atoms with E-state index in [2.05, 4.69) is 333 Å². The molecule has 0 atom stereocenters. The summed E-state index contributed by atoms with van der Waals surface area (Å²) in [5, 5.41) is 13.0. The van der Waals surface area contributed by atoms with Crippen LogP contribution in [-0.2, 0) is 26.5 Å². The molecule has 4 aromatic heterocycles. The first-order valence-corrected chi connectivity index (χ1v) is 41.2. The summed E-state index contributed by atoms with van der Waals surface area (Å²) < 4.78 is 76.4. The summed E-state index contributed by atoms with van der Waals surface area (Å²) in [4.78, 5) is 4.96. The summed E-state index contributed by atoms with van der Waals surface area (Å²) in [5.41, 5.74) is 10.1. The van der Waals surface area contributed by atoms with Gasteiger partial charge in [0.1, 0.15) is 17.0 Å². The molecule has 0 aliphatic carbocycles. The van der Waals surface area contributed by atoms with Crippen LogP contribution in [0.25, 0.3) is 105 Å². The summed E-state index contributed by atoms with van der Waals surface area (Å²) in [7, 11) is -6.64. The van der Waals surface area contributed by atoms with E-state index in [0.29, 0.717) is 56.2 Å². The van der Waals surface area contributed by atoms with Crippen LogP contribution in [0.3, 0.4) is 0 Å². The number of nitrogens with zero attached hydrogens (tertiary/aromatic N) is 4. The Morgan fingerprint density at radius 1 is 0.405 bits per heavy atom. The van der Waals surface area contributed by atoms with E-state index in [1.165, 1.54) is 31.1 Å². The molecule has 536 valence electrons. The maximum Gasteiger partial charge on any atom is 0.268 e. The molecule has 0 saturated carbocycles. The first-order chi connectivity index (χ1) is 56.4. The quantitative estimate of drug-likeness (QED) is 0.0419. The second kappa shape index (κ2) is 28.8. The molecule has 0 aliphatic rings. The summed E-state index contributed by atoms with van der Waals surface area (Å²) in [6, 6.07) is 133. The van der Waals surface area contributed by atoms with Gasteiger partial charge in [-0.15, -0.1) is 29.7 Å². The zero-order valence-corrected chi connectivity index (χ0v) is 65.4. The van der Waals surface area contributed by atoms with E-state index < -0.39 is 29.9 Å². The first-order valence-electron chi connectivity index (χ1n) is 40.2. The van der Waals surface area contributed by atoms with Crippen molar-refractivity contribution >= 4 is 112 Å². The number of hydrogen-bond donors (Lipinski definition) is 0. The summed E-state index contributed by atoms with van der Waals surface area (Å²) in [5.74, 6) is 1.67. The van der Waals surface area contributed by atoms with Crippen LogP contribution in [0.2, 0.25) is 0 Å². The predicted octanol–water partition coefficient (Wildman–Crippen LogP) is 19.2. The Labute approximate surface area is 672 Å². The number of ether oxygens (including phenoxy) is 1. The van der Waals surface area contributed by atoms with Crippen LogP contribution in [0.5, 0.6) is 11.5 Å². The molecule has 15 aromatic carbocycles. The van der Waals surface area contributed by atoms with Crippen molar-refractivity contribution in [3.8, 4) is 62.1 Å². The number of benzene rings is 15. The molecule has 19 aromatic rings. The molecule has 0 aliphatic heterocycles. The maximum atomic E-state index is 9.36. The minimum absolute atomic E-state index is 0. The minimum Gasteiger partial charge on any atom is -0.510 e. The molecule has 19 rings (SSSR count). The van der Waals surface area contributed by atoms with Crippen LogP contribution < -0.4 is 50.8 Å². The van der Waals surface area contributed by atoms with Crippen LogP contribution in [0.4, 0.5) is 0 Å². The monoisotopic (exact) mass is 1650 g/mol. The molecule has 4 heterocycles. The van der Waals surface area contributed by atoms with Crippen LogP contribution in [0.1, 0.15) is 45.7 Å². The number of aromatic nitrogens is 4. The third-order valence-corrected chi connectivity index (χ3v) is 31.5. The molecule has 111 heavy (non-hydrogen) atoms. The Hall–Kier alpha value is -12.6. The van der Waals surface area contributed by atoms with Gasteiger partial charge in [0, 0.05) is 63.3 Å². The van der Waals surface area contributed by atoms with Gasteiger partial charge >= 0.3 is 0 Å². The van der Waals surface area contributed by atoms with E-state index in [1.54, 1.807) is 18.2 Å². The van der Waals surface area contributed by atoms with Crippen LogP contribution in [-0.4, -0.2) is 30.3 Å². The molecule has 0 spiro atoms. The molecule has 0 bridgehead atoms. The molecule has 0 amide bonds. The molecule has 0 fully saturated rings. The third kappa shape index (κ3) is 12.1. The molecular formula is C102H76N4O2PtSi2-2. The van der Waals surface area contributed by atoms with Crippen molar-refractivity contribution in [2.24, 2.45) is 0 Å². The average molecular weight is 1650 g/mol. The standard InChI is InChI=1S/C102H76N4O2Si2.Pt/c1-70-32-28-33-71(2)100(70)74-62-90(72-34-29-50-85(60-72)109(79-38-12-6-13-39-79,80-40-14-7-15-41-80)81-42-16-8-17-43-81)101(91(63-74)73-35-30-51-86(61-73)110(82-44-18-9-19-45-82,83-46-20-10-21-47-83)84-48-22-11-23-49-84)105-69-104(96-68-98-92(67-95(96)105)89-53-25-27-55-97(89)108-98)76-36-31-37-77(65-76)107-78-56-57-88-87-52-24-26-54-93(87)106(94(88)66-78)99-64-75(58-59-103-99)102(3,4)5;/h6-64,67-68H,1-5H3;/q-2;/i1D3,2D3;. The smallest absolute Gasteiger partial charge is 0.268 e. The van der Waals surface area contributed by atoms with Crippen molar-refractivity contribution in [2.75, 3.05) is 0 Å². The second-order valence-electron chi connectivity index (χ2n) is 29.3. The van der Waals surface area contributed by atoms with Gasteiger partial charge in [-0.1, -0.05) is 311 Å². The molecular weight excluding hydrogens is 1560 g/mol. The summed E-state index contributed by atoms with van der Waals surface area (Å²) >= 11 is 0. The average Bonchev–Trinajstić information content (AvgIpc) is 1.69. The number of hydrogen-bond acceptors (Lipinski definition) is 3. The molecule has 0 radical (unpaired) electrons. The number of para-hydroxylation sites is 2. The maximum absolute atomic E-state index is 9.36. The second-order valence-corrected chi connectivity index (χ2v) is 36.9. The topological polar surface area (TPSA) is 49.0 Å². The van der Waals surface area contributed by atoms with Crippen LogP contribution in [0.15, 0.2) is 375 Å². The molecule has 0 N–H and O–H groups in total. The van der Waals surface area contributed by atoms with Crippen LogP contribution >= 0.6 is 0 Å². The minimum atomic E-state index is -3.32. The molecule has 9 heteroatoms. The molecule has 0 saturated heterocycles. The van der Waals surface area contributed by atoms with Gasteiger partial charge in [0.2, 0.25) is 0 Å². The number of imidazole rings is 1. The van der Waals surface area contributed by atoms with Crippen molar-refractivity contribution in [3.63, 3.8) is 0 Å². The van der Waals surface area contributed by atoms with E-state index in [1.807, 2.05) is 71.4 Å². The van der Waals surface area contributed by atoms with Gasteiger partial charge in [0.25, 0.3) is 6.33 Å². The fourth-order valence-electron chi connectivity index (χ4n) is 16.9. The zero-order chi connectivity index (χ0) is 79.1. The normalized spacial score (nSPS) is 13.0. The Morgan fingerprint density at radius 3 is 1.43 bits per heavy atom. The van der Waals surface area contributed by atoms with Gasteiger partial charge in [-0.25, -0.2) is 4.98 Å². The molecule has 0 unspecified atom stereocenters. The van der Waals surface area contributed by atoms with Gasteiger partial charge < -0.3 is 18.3 Å². The summed E-state index contributed by atoms with van der Waals surface area (Å²) in [6.07, 6.45) is 5.90. The van der Waals surface area contributed by atoms with Gasteiger partial charge in [-0.3, -0.25) is 4.57 Å². The number of fused-ring (bicyclic) bond motifs is 7. The fraction of sp³-hybridized carbons (Fsp3) is 0.0588. The number of aryl methyl sites for hydroxylation is 2. The van der Waals surface area contributed by atoms with Crippen molar-refractivity contribution in [2.45, 2.75) is 39.9 Å². The van der Waals surface area contributed by atoms with Gasteiger partial charge in [0.15, 0.2) is 16.1 Å². The number of rotatable bonds is 16. The first kappa shape index (κ1) is 63.4. The van der Waals surface area contributed by atoms with E-state index in [0.717, 1.165) is 71.0 Å². The van der Waals surface area contributed by atoms with Crippen LogP contribution in [0, 0.1) is 32.2 Å². The molecule has 6 nitrogen and oxygen atoms in total. The fourth-order valence-corrected chi connectivity index (χ4v) is 26.5. The Bertz CT molecular complexity index is 6530. The SMILES string of the molecule is [2H]C([2H])([2H])c1cccc(C([2H])([2H])[2H])c1-c1cc(-c2cccc([Si](c3ccccc3)(c3ccccc3)c3ccccc3)c2)c(-[n+]2[c-]n(-c3[c-]c(Oc4[c-]c5c(cc4)c4ccccc4n5-c4cc(C(C)(C)C)ccn4)ccc3)c3cc4oc5ccccc5c4cc32)c(-c2cccc([Si](c3ccccc3)(c3ccccc3)c3ccccc3)c2)c1.[Pt]. The van der Waals surface area contributed by atoms with Crippen molar-refractivity contribution in [1.82, 2.24) is 14.1 Å². The van der Waals surface area contributed by atoms with Gasteiger partial charge in [0.05, 0.1) is 16.7 Å². The zero-order valence-electron chi connectivity index (χ0n) is 67.1. The number of pyridine rings is 1. The van der Waals surface area contributed by atoms with E-state index in [9.17, 15) is 8.22 Å². The van der Waals surface area contributed by atoms with Crippen molar-refractivity contribution < 1.29 is 43.0 Å². The van der Waals surface area contributed by atoms with E-state index >= 15 is 0 Å². The van der Waals surface area contributed by atoms with Gasteiger partial charge in [-0.05, 0) is 170 Å². The number of furan rings is 1. The van der Waals surface area contributed by atoms with Gasteiger partial charge in [-0.2, -0.15) is 18.2 Å². The summed E-state index contributed by atoms with van der Waals surface area (Å²) in [6.45, 7) is 1.09. The van der Waals surface area contributed by atoms with Crippen molar-refractivity contribution in [3.05, 3.63) is 405 Å². The van der Waals surface area contributed by atoms with Crippen molar-refractivity contribution in [1.29, 1.82) is 0 Å². The largest absolute Gasteiger partial charge is 0.510 e.